The summed E-state index contributed by atoms with van der Waals surface area (Å²) in [5, 5.41) is 3.02. The van der Waals surface area contributed by atoms with Gasteiger partial charge in [0.05, 0.1) is 0 Å². The first-order valence-electron chi connectivity index (χ1n) is 3.33. The van der Waals surface area contributed by atoms with Crippen LogP contribution in [0.3, 0.4) is 0 Å². The van der Waals surface area contributed by atoms with Crippen molar-refractivity contribution < 1.29 is 4.79 Å². The van der Waals surface area contributed by atoms with Crippen molar-refractivity contribution in [2.24, 2.45) is 11.7 Å². The number of hydrogen-bond acceptors (Lipinski definition) is 4. The molecule has 0 aromatic heterocycles. The smallest absolute Gasteiger partial charge is 0.343 e. The van der Waals surface area contributed by atoms with E-state index in [2.05, 4.69) is 23.1 Å². The third-order valence-corrected chi connectivity index (χ3v) is 0.959. The molecule has 0 atom stereocenters. The Balaban J connectivity index is 0.000000202. The van der Waals surface area contributed by atoms with Gasteiger partial charge in [-0.1, -0.05) is 12.2 Å². The first-order chi connectivity index (χ1) is 5.81. The number of allylic oxidation sites excluding steroid dienone is 2. The summed E-state index contributed by atoms with van der Waals surface area (Å²) in [6.45, 7) is 0.983. The molecule has 0 radical (unpaired) electrons. The second kappa shape index (κ2) is 7.58. The van der Waals surface area contributed by atoms with Crippen LogP contribution in [0.4, 0.5) is 4.79 Å². The predicted octanol–water partition coefficient (Wildman–Crippen LogP) is -1.31. The number of carbonyl (C=O) groups is 1. The van der Waals surface area contributed by atoms with E-state index in [0.29, 0.717) is 0 Å². The van der Waals surface area contributed by atoms with Crippen LogP contribution >= 0.6 is 0 Å². The lowest BCUT2D eigenvalue weighted by Crippen LogP contribution is -2.43. The second-order valence-electron chi connectivity index (χ2n) is 1.81. The van der Waals surface area contributed by atoms with Gasteiger partial charge in [-0.15, -0.1) is 0 Å². The Bertz CT molecular complexity index is 159. The Morgan fingerprint density at radius 1 is 1.33 bits per heavy atom. The number of nitrogens with one attached hydrogen (secondary N) is 3. The van der Waals surface area contributed by atoms with Gasteiger partial charge in [0, 0.05) is 6.54 Å². The summed E-state index contributed by atoms with van der Waals surface area (Å²) in [4.78, 5) is 9.71. The van der Waals surface area contributed by atoms with Gasteiger partial charge in [-0.05, 0) is 12.3 Å². The minimum absolute atomic E-state index is 0.602. The third-order valence-electron chi connectivity index (χ3n) is 0.959. The molecule has 0 aromatic rings. The first-order valence-corrected chi connectivity index (χ1v) is 3.33. The molecule has 7 N–H and O–H groups in total. The molecule has 1 rings (SSSR count). The average Bonchev–Trinajstić information content (AvgIpc) is 2.20. The fraction of sp³-hybridized carbons (Fsp3) is 0.167. The zero-order chi connectivity index (χ0) is 9.23. The van der Waals surface area contributed by atoms with E-state index in [1.165, 1.54) is 0 Å². The van der Waals surface area contributed by atoms with Gasteiger partial charge in [0.2, 0.25) is 0 Å². The van der Waals surface area contributed by atoms with E-state index >= 15 is 0 Å². The zero-order valence-electron chi connectivity index (χ0n) is 6.58. The molecule has 0 saturated heterocycles. The molecule has 0 aromatic carbocycles. The number of carbonyl (C=O) groups excluding carboxylic acids is 1. The van der Waals surface area contributed by atoms with Crippen LogP contribution in [0, 0.1) is 0 Å². The summed E-state index contributed by atoms with van der Waals surface area (Å²) in [5.74, 6) is 9.08. The molecule has 0 saturated carbocycles. The van der Waals surface area contributed by atoms with Crippen molar-refractivity contribution in [1.29, 1.82) is 0 Å². The number of hydrogen-bond donors (Lipinski definition) is 5. The van der Waals surface area contributed by atoms with Crippen LogP contribution in [0.15, 0.2) is 24.4 Å². The van der Waals surface area contributed by atoms with E-state index in [4.69, 9.17) is 0 Å². The van der Waals surface area contributed by atoms with Crippen molar-refractivity contribution in [2.75, 3.05) is 6.54 Å². The van der Waals surface area contributed by atoms with Crippen LogP contribution in [0.2, 0.25) is 0 Å². The molecule has 0 bridgehead atoms. The second-order valence-corrected chi connectivity index (χ2v) is 1.81. The number of rotatable bonds is 0. The van der Waals surface area contributed by atoms with E-state index < -0.39 is 6.03 Å². The quantitative estimate of drug-likeness (QED) is 0.177. The Labute approximate surface area is 70.6 Å². The molecular formula is C6H13N5O. The molecule has 6 heteroatoms. The van der Waals surface area contributed by atoms with Crippen molar-refractivity contribution in [3.05, 3.63) is 24.4 Å². The van der Waals surface area contributed by atoms with Crippen molar-refractivity contribution in [3.8, 4) is 0 Å². The lowest BCUT2D eigenvalue weighted by atomic mass is 10.4. The maximum absolute atomic E-state index is 9.71. The van der Waals surface area contributed by atoms with Crippen LogP contribution in [-0.4, -0.2) is 12.6 Å². The lowest BCUT2D eigenvalue weighted by molar-refractivity contribution is 0.241. The minimum Gasteiger partial charge on any atom is -0.387 e. The van der Waals surface area contributed by atoms with Gasteiger partial charge in [-0.2, -0.15) is 0 Å². The molecule has 6 nitrogen and oxygen atoms in total. The van der Waals surface area contributed by atoms with Crippen LogP contribution in [0.5, 0.6) is 0 Å². The molecule has 0 unspecified atom stereocenters. The van der Waals surface area contributed by atoms with Gasteiger partial charge in [0.1, 0.15) is 0 Å². The first kappa shape index (κ1) is 10.5. The molecule has 2 amide bonds. The summed E-state index contributed by atoms with van der Waals surface area (Å²) in [6, 6.07) is -0.602. The van der Waals surface area contributed by atoms with E-state index in [1.807, 2.05) is 18.4 Å². The highest BCUT2D eigenvalue weighted by Crippen LogP contribution is 1.78. The summed E-state index contributed by atoms with van der Waals surface area (Å²) in [6.07, 6.45) is 8.00. The van der Waals surface area contributed by atoms with Gasteiger partial charge < -0.3 is 5.32 Å². The van der Waals surface area contributed by atoms with E-state index in [0.717, 1.165) is 6.54 Å². The summed E-state index contributed by atoms with van der Waals surface area (Å²) in [7, 11) is 0. The molecular weight excluding hydrogens is 158 g/mol. The minimum atomic E-state index is -0.602. The fourth-order valence-electron chi connectivity index (χ4n) is 0.448. The maximum Gasteiger partial charge on any atom is 0.343 e. The molecule has 68 valence electrons. The van der Waals surface area contributed by atoms with Gasteiger partial charge in [-0.25, -0.2) is 16.5 Å². The molecule has 1 aliphatic heterocycles. The fourth-order valence-corrected chi connectivity index (χ4v) is 0.448. The monoisotopic (exact) mass is 171 g/mol. The van der Waals surface area contributed by atoms with Gasteiger partial charge in [0.15, 0.2) is 0 Å². The Morgan fingerprint density at radius 2 is 2.00 bits per heavy atom. The lowest BCUT2D eigenvalue weighted by Gasteiger charge is -1.94. The Kier molecular flexibility index (Phi) is 6.61. The summed E-state index contributed by atoms with van der Waals surface area (Å²) >= 11 is 0. The normalized spacial score (nSPS) is 12.2. The van der Waals surface area contributed by atoms with Crippen LogP contribution in [-0.2, 0) is 0 Å². The highest BCUT2D eigenvalue weighted by atomic mass is 16.2. The number of amides is 2. The van der Waals surface area contributed by atoms with Crippen molar-refractivity contribution in [3.63, 3.8) is 0 Å². The topological polar surface area (TPSA) is 105 Å². The highest BCUT2D eigenvalue weighted by molar-refractivity contribution is 5.72. The number of dihydropyridines is 1. The van der Waals surface area contributed by atoms with E-state index in [9.17, 15) is 4.79 Å². The Morgan fingerprint density at radius 3 is 2.08 bits per heavy atom. The summed E-state index contributed by atoms with van der Waals surface area (Å²) < 4.78 is 0. The molecule has 0 spiro atoms. The van der Waals surface area contributed by atoms with Crippen molar-refractivity contribution >= 4 is 6.03 Å². The van der Waals surface area contributed by atoms with Crippen molar-refractivity contribution in [2.45, 2.75) is 0 Å². The average molecular weight is 171 g/mol. The predicted molar refractivity (Wildman–Crippen MR) is 46.3 cm³/mol. The van der Waals surface area contributed by atoms with Gasteiger partial charge in [0.25, 0.3) is 0 Å². The summed E-state index contributed by atoms with van der Waals surface area (Å²) in [5.41, 5.74) is 3.48. The molecule has 1 aliphatic rings. The number of nitrogens with two attached hydrogens (primary N) is 2. The number of urea groups is 1. The van der Waals surface area contributed by atoms with E-state index in [1.54, 1.807) is 10.9 Å². The molecule has 0 aliphatic carbocycles. The zero-order valence-corrected chi connectivity index (χ0v) is 6.58. The van der Waals surface area contributed by atoms with Crippen LogP contribution < -0.4 is 27.9 Å². The standard InChI is InChI=1S/C5H7N.CH6N4O/c1-2-4-6-5-3-1;2-4-1(6)5-3/h1-4,6H,5H2;2-3H2,(H2,4,5,6). The largest absolute Gasteiger partial charge is 0.387 e. The highest BCUT2D eigenvalue weighted by Gasteiger charge is 1.83. The van der Waals surface area contributed by atoms with Crippen LogP contribution in [0.1, 0.15) is 0 Å². The SMILES string of the molecule is C1=CCNC=C1.NNC(=O)NN. The van der Waals surface area contributed by atoms with Gasteiger partial charge >= 0.3 is 6.03 Å². The van der Waals surface area contributed by atoms with E-state index in [-0.39, 0.29) is 0 Å². The number of hydrazine groups is 2. The maximum atomic E-state index is 9.71. The van der Waals surface area contributed by atoms with Gasteiger partial charge in [-0.3, -0.25) is 10.9 Å². The molecule has 1 heterocycles. The third kappa shape index (κ3) is 6.59. The Hall–Kier alpha value is -1.53. The molecule has 0 fully saturated rings. The molecule has 12 heavy (non-hydrogen) atoms. The van der Waals surface area contributed by atoms with Crippen molar-refractivity contribution in [1.82, 2.24) is 16.2 Å². The van der Waals surface area contributed by atoms with Crippen LogP contribution in [0.25, 0.3) is 0 Å².